The number of aliphatic hydroxyl groups is 1. The number of nitrogens with zero attached hydrogens (tertiary/aromatic N) is 1. The van der Waals surface area contributed by atoms with E-state index in [0.29, 0.717) is 12.4 Å². The highest BCUT2D eigenvalue weighted by Gasteiger charge is 2.09. The van der Waals surface area contributed by atoms with Crippen LogP contribution in [0.5, 0.6) is 0 Å². The van der Waals surface area contributed by atoms with Crippen molar-refractivity contribution in [1.82, 2.24) is 10.3 Å². The third kappa shape index (κ3) is 3.91. The van der Waals surface area contributed by atoms with Gasteiger partial charge in [0.25, 0.3) is 0 Å². The van der Waals surface area contributed by atoms with Crippen LogP contribution in [-0.2, 0) is 13.2 Å². The van der Waals surface area contributed by atoms with Gasteiger partial charge in [-0.2, -0.15) is 0 Å². The summed E-state index contributed by atoms with van der Waals surface area (Å²) in [6.45, 7) is 4.84. The lowest BCUT2D eigenvalue weighted by atomic mass is 10.1. The standard InChI is InChI=1S/C20H22N2O2/c1-14-6-8-17(9-7-14)20-22-19(13-24-20)11-21-15(2)18-5-3-4-16(10-18)12-23/h3-10,13,15,21,23H,11-12H2,1-2H3. The molecule has 1 aromatic heterocycles. The van der Waals surface area contributed by atoms with Gasteiger partial charge in [-0.15, -0.1) is 0 Å². The molecular weight excluding hydrogens is 300 g/mol. The molecule has 0 amide bonds. The van der Waals surface area contributed by atoms with E-state index in [2.05, 4.69) is 30.2 Å². The zero-order chi connectivity index (χ0) is 16.9. The number of rotatable bonds is 6. The van der Waals surface area contributed by atoms with E-state index in [4.69, 9.17) is 4.42 Å². The second-order valence-corrected chi connectivity index (χ2v) is 6.02. The molecule has 4 nitrogen and oxygen atoms in total. The van der Waals surface area contributed by atoms with Gasteiger partial charge in [-0.1, -0.05) is 42.0 Å². The van der Waals surface area contributed by atoms with Gasteiger partial charge in [-0.25, -0.2) is 4.98 Å². The van der Waals surface area contributed by atoms with Crippen LogP contribution < -0.4 is 5.32 Å². The van der Waals surface area contributed by atoms with Crippen molar-refractivity contribution < 1.29 is 9.52 Å². The summed E-state index contributed by atoms with van der Waals surface area (Å²) >= 11 is 0. The maximum absolute atomic E-state index is 9.24. The summed E-state index contributed by atoms with van der Waals surface area (Å²) in [7, 11) is 0. The van der Waals surface area contributed by atoms with Crippen molar-refractivity contribution in [2.75, 3.05) is 0 Å². The molecule has 0 saturated heterocycles. The minimum atomic E-state index is 0.0593. The predicted octanol–water partition coefficient (Wildman–Crippen LogP) is 3.99. The fraction of sp³-hybridized carbons (Fsp3) is 0.250. The van der Waals surface area contributed by atoms with Crippen LogP contribution in [0.15, 0.2) is 59.2 Å². The Morgan fingerprint density at radius 1 is 1.17 bits per heavy atom. The molecule has 0 radical (unpaired) electrons. The van der Waals surface area contributed by atoms with Gasteiger partial charge in [0.05, 0.1) is 12.3 Å². The first-order chi connectivity index (χ1) is 11.7. The number of nitrogens with one attached hydrogen (secondary N) is 1. The topological polar surface area (TPSA) is 58.3 Å². The number of aryl methyl sites for hydroxylation is 1. The Bertz CT molecular complexity index is 793. The summed E-state index contributed by atoms with van der Waals surface area (Å²) in [5.41, 5.74) is 5.13. The van der Waals surface area contributed by atoms with Gasteiger partial charge in [0.15, 0.2) is 0 Å². The molecule has 1 atom stereocenters. The van der Waals surface area contributed by atoms with E-state index in [1.807, 2.05) is 42.5 Å². The van der Waals surface area contributed by atoms with E-state index >= 15 is 0 Å². The van der Waals surface area contributed by atoms with Crippen molar-refractivity contribution >= 4 is 0 Å². The molecule has 3 aromatic rings. The molecule has 0 aliphatic rings. The third-order valence-electron chi connectivity index (χ3n) is 4.07. The van der Waals surface area contributed by atoms with Gasteiger partial charge in [0.1, 0.15) is 6.26 Å². The average molecular weight is 322 g/mol. The lowest BCUT2D eigenvalue weighted by Gasteiger charge is -2.14. The molecule has 0 spiro atoms. The Hall–Kier alpha value is -2.43. The first kappa shape index (κ1) is 16.4. The van der Waals surface area contributed by atoms with Crippen LogP contribution in [0.4, 0.5) is 0 Å². The third-order valence-corrected chi connectivity index (χ3v) is 4.07. The average Bonchev–Trinajstić information content (AvgIpc) is 3.09. The van der Waals surface area contributed by atoms with E-state index in [0.717, 1.165) is 22.4 Å². The number of aliphatic hydroxyl groups excluding tert-OH is 1. The maximum Gasteiger partial charge on any atom is 0.226 e. The molecule has 0 saturated carbocycles. The van der Waals surface area contributed by atoms with Crippen LogP contribution in [0, 0.1) is 6.92 Å². The number of aromatic nitrogens is 1. The highest BCUT2D eigenvalue weighted by molar-refractivity contribution is 5.53. The summed E-state index contributed by atoms with van der Waals surface area (Å²) in [4.78, 5) is 4.54. The van der Waals surface area contributed by atoms with E-state index in [1.165, 1.54) is 5.56 Å². The fourth-order valence-electron chi connectivity index (χ4n) is 2.55. The molecule has 2 aromatic carbocycles. The molecule has 24 heavy (non-hydrogen) atoms. The largest absolute Gasteiger partial charge is 0.444 e. The number of hydrogen-bond donors (Lipinski definition) is 2. The lowest BCUT2D eigenvalue weighted by molar-refractivity contribution is 0.281. The van der Waals surface area contributed by atoms with E-state index in [9.17, 15) is 5.11 Å². The molecule has 0 aliphatic heterocycles. The van der Waals surface area contributed by atoms with Crippen LogP contribution in [0.2, 0.25) is 0 Å². The molecule has 0 fully saturated rings. The zero-order valence-electron chi connectivity index (χ0n) is 14.0. The lowest BCUT2D eigenvalue weighted by Crippen LogP contribution is -2.18. The Morgan fingerprint density at radius 2 is 1.96 bits per heavy atom. The Balaban J connectivity index is 1.63. The second kappa shape index (κ2) is 7.43. The molecule has 124 valence electrons. The van der Waals surface area contributed by atoms with E-state index in [-0.39, 0.29) is 12.6 Å². The van der Waals surface area contributed by atoms with Gasteiger partial charge >= 0.3 is 0 Å². The summed E-state index contributed by atoms with van der Waals surface area (Å²) in [5.74, 6) is 0.640. The second-order valence-electron chi connectivity index (χ2n) is 6.02. The molecule has 1 heterocycles. The molecule has 2 N–H and O–H groups in total. The maximum atomic E-state index is 9.24. The summed E-state index contributed by atoms with van der Waals surface area (Å²) in [6.07, 6.45) is 1.69. The first-order valence-corrected chi connectivity index (χ1v) is 8.10. The van der Waals surface area contributed by atoms with Crippen LogP contribution in [-0.4, -0.2) is 10.1 Å². The number of oxazole rings is 1. The Morgan fingerprint density at radius 3 is 2.71 bits per heavy atom. The highest BCUT2D eigenvalue weighted by atomic mass is 16.3. The minimum absolute atomic E-state index is 0.0593. The van der Waals surface area contributed by atoms with Gasteiger partial charge in [0.2, 0.25) is 5.89 Å². The normalized spacial score (nSPS) is 12.3. The molecule has 4 heteroatoms. The first-order valence-electron chi connectivity index (χ1n) is 8.10. The van der Waals surface area contributed by atoms with Crippen LogP contribution in [0.1, 0.15) is 35.3 Å². The minimum Gasteiger partial charge on any atom is -0.444 e. The molecule has 1 unspecified atom stereocenters. The molecule has 0 aliphatic carbocycles. The zero-order valence-corrected chi connectivity index (χ0v) is 14.0. The quantitative estimate of drug-likeness (QED) is 0.720. The van der Waals surface area contributed by atoms with E-state index in [1.54, 1.807) is 6.26 Å². The van der Waals surface area contributed by atoms with Gasteiger partial charge < -0.3 is 14.8 Å². The van der Waals surface area contributed by atoms with Crippen molar-refractivity contribution in [3.63, 3.8) is 0 Å². The van der Waals surface area contributed by atoms with Crippen LogP contribution >= 0.6 is 0 Å². The predicted molar refractivity (Wildman–Crippen MR) is 94.3 cm³/mol. The Kier molecular flexibility index (Phi) is 5.08. The SMILES string of the molecule is Cc1ccc(-c2nc(CNC(C)c3cccc(CO)c3)co2)cc1. The Labute approximate surface area is 142 Å². The van der Waals surface area contributed by atoms with Gasteiger partial charge in [-0.05, 0) is 37.1 Å². The van der Waals surface area contributed by atoms with Crippen LogP contribution in [0.25, 0.3) is 11.5 Å². The van der Waals surface area contributed by atoms with Crippen molar-refractivity contribution in [3.8, 4) is 11.5 Å². The number of benzene rings is 2. The summed E-state index contributed by atoms with van der Waals surface area (Å²) in [5, 5.41) is 12.7. The van der Waals surface area contributed by atoms with Crippen molar-refractivity contribution in [3.05, 3.63) is 77.2 Å². The molecular formula is C20H22N2O2. The fourth-order valence-corrected chi connectivity index (χ4v) is 2.55. The monoisotopic (exact) mass is 322 g/mol. The van der Waals surface area contributed by atoms with Crippen LogP contribution in [0.3, 0.4) is 0 Å². The smallest absolute Gasteiger partial charge is 0.226 e. The summed E-state index contributed by atoms with van der Waals surface area (Å²) in [6, 6.07) is 16.2. The highest BCUT2D eigenvalue weighted by Crippen LogP contribution is 2.20. The van der Waals surface area contributed by atoms with Gasteiger partial charge in [-0.3, -0.25) is 0 Å². The summed E-state index contributed by atoms with van der Waals surface area (Å²) < 4.78 is 5.58. The molecule has 0 bridgehead atoms. The van der Waals surface area contributed by atoms with Crippen molar-refractivity contribution in [1.29, 1.82) is 0 Å². The van der Waals surface area contributed by atoms with Crippen molar-refractivity contribution in [2.45, 2.75) is 33.0 Å². The van der Waals surface area contributed by atoms with Crippen molar-refractivity contribution in [2.24, 2.45) is 0 Å². The van der Waals surface area contributed by atoms with E-state index < -0.39 is 0 Å². The molecule has 3 rings (SSSR count). The number of hydrogen-bond acceptors (Lipinski definition) is 4. The van der Waals surface area contributed by atoms with Gasteiger partial charge in [0, 0.05) is 18.2 Å².